The number of rotatable bonds is 3. The van der Waals surface area contributed by atoms with E-state index in [4.69, 9.17) is 9.47 Å². The number of benzene rings is 2. The molecule has 0 aromatic heterocycles. The molecule has 1 saturated carbocycles. The quantitative estimate of drug-likeness (QED) is 0.846. The van der Waals surface area contributed by atoms with Gasteiger partial charge in [0.15, 0.2) is 11.5 Å². The van der Waals surface area contributed by atoms with Gasteiger partial charge in [0.2, 0.25) is 12.7 Å². The van der Waals surface area contributed by atoms with E-state index in [-0.39, 0.29) is 24.4 Å². The lowest BCUT2D eigenvalue weighted by Crippen LogP contribution is -2.38. The molecule has 5 heteroatoms. The summed E-state index contributed by atoms with van der Waals surface area (Å²) >= 11 is 0. The van der Waals surface area contributed by atoms with Gasteiger partial charge in [0.05, 0.1) is 5.41 Å². The Bertz CT molecular complexity index is 877. The summed E-state index contributed by atoms with van der Waals surface area (Å²) in [5.41, 5.74) is 1.08. The molecular weight excluding hydrogens is 333 g/mol. The van der Waals surface area contributed by atoms with Crippen LogP contribution in [-0.2, 0) is 10.2 Å². The van der Waals surface area contributed by atoms with Crippen molar-refractivity contribution >= 4 is 5.91 Å². The highest BCUT2D eigenvalue weighted by Gasteiger charge is 2.55. The summed E-state index contributed by atoms with van der Waals surface area (Å²) in [6.45, 7) is 1.65. The molecule has 2 aromatic carbocycles. The first-order chi connectivity index (χ1) is 12.7. The average Bonchev–Trinajstić information content (AvgIpc) is 3.09. The molecule has 134 valence electrons. The fraction of sp³-hybridized carbons (Fsp3) is 0.381. The fourth-order valence-corrected chi connectivity index (χ4v) is 4.26. The van der Waals surface area contributed by atoms with Crippen LogP contribution in [-0.4, -0.2) is 30.7 Å². The molecule has 3 aliphatic rings. The number of hydrogen-bond donors (Lipinski definition) is 0. The summed E-state index contributed by atoms with van der Waals surface area (Å²) in [5, 5.41) is 0. The smallest absolute Gasteiger partial charge is 0.233 e. The van der Waals surface area contributed by atoms with E-state index >= 15 is 0 Å². The highest BCUT2D eigenvalue weighted by atomic mass is 19.1. The lowest BCUT2D eigenvalue weighted by Gasteiger charge is -2.24. The largest absolute Gasteiger partial charge is 0.454 e. The van der Waals surface area contributed by atoms with Crippen molar-refractivity contribution in [2.24, 2.45) is 0 Å². The Kier molecular flexibility index (Phi) is 3.45. The summed E-state index contributed by atoms with van der Waals surface area (Å²) in [7, 11) is 0. The van der Waals surface area contributed by atoms with Gasteiger partial charge in [-0.3, -0.25) is 4.79 Å². The van der Waals surface area contributed by atoms with Gasteiger partial charge in [-0.25, -0.2) is 4.39 Å². The van der Waals surface area contributed by atoms with Crippen LogP contribution in [0.2, 0.25) is 0 Å². The third-order valence-electron chi connectivity index (χ3n) is 5.89. The standard InChI is InChI=1S/C21H20FNO3/c22-17-4-2-1-3-16(17)21(8-9-21)20(24)23-10-7-15(12-23)14-5-6-18-19(11-14)26-13-25-18/h1-6,11,15H,7-10,12-13H2. The Morgan fingerprint density at radius 3 is 2.73 bits per heavy atom. The van der Waals surface area contributed by atoms with Gasteiger partial charge in [-0.2, -0.15) is 0 Å². The van der Waals surface area contributed by atoms with Crippen molar-refractivity contribution in [1.82, 2.24) is 4.90 Å². The number of halogens is 1. The molecule has 2 fully saturated rings. The van der Waals surface area contributed by atoms with Crippen molar-refractivity contribution in [3.63, 3.8) is 0 Å². The number of nitrogens with zero attached hydrogens (tertiary/aromatic N) is 1. The van der Waals surface area contributed by atoms with Gasteiger partial charge < -0.3 is 14.4 Å². The Balaban J connectivity index is 1.35. The van der Waals surface area contributed by atoms with Gasteiger partial charge in [0.1, 0.15) is 5.82 Å². The van der Waals surface area contributed by atoms with Crippen LogP contribution in [0.15, 0.2) is 42.5 Å². The fourth-order valence-electron chi connectivity index (χ4n) is 4.26. The van der Waals surface area contributed by atoms with E-state index in [2.05, 4.69) is 6.07 Å². The van der Waals surface area contributed by atoms with E-state index in [1.165, 1.54) is 11.6 Å². The molecule has 4 nitrogen and oxygen atoms in total. The second-order valence-electron chi connectivity index (χ2n) is 7.41. The van der Waals surface area contributed by atoms with Crippen LogP contribution in [0.4, 0.5) is 4.39 Å². The zero-order valence-electron chi connectivity index (χ0n) is 14.4. The molecule has 1 saturated heterocycles. The lowest BCUT2D eigenvalue weighted by atomic mass is 9.93. The Hall–Kier alpha value is -2.56. The lowest BCUT2D eigenvalue weighted by molar-refractivity contribution is -0.133. The van der Waals surface area contributed by atoms with Crippen molar-refractivity contribution in [3.8, 4) is 11.5 Å². The van der Waals surface area contributed by atoms with E-state index in [9.17, 15) is 9.18 Å². The van der Waals surface area contributed by atoms with E-state index < -0.39 is 5.41 Å². The minimum absolute atomic E-state index is 0.0749. The molecule has 2 aromatic rings. The molecule has 5 rings (SSSR count). The number of hydrogen-bond acceptors (Lipinski definition) is 3. The Labute approximate surface area is 151 Å². The van der Waals surface area contributed by atoms with Gasteiger partial charge in [0, 0.05) is 24.6 Å². The average molecular weight is 353 g/mol. The molecule has 0 bridgehead atoms. The second kappa shape index (κ2) is 5.73. The number of carbonyl (C=O) groups excluding carboxylic acids is 1. The molecule has 0 radical (unpaired) electrons. The summed E-state index contributed by atoms with van der Waals surface area (Å²) in [6, 6.07) is 12.7. The summed E-state index contributed by atoms with van der Waals surface area (Å²) in [5.74, 6) is 1.63. The van der Waals surface area contributed by atoms with Gasteiger partial charge in [0.25, 0.3) is 0 Å². The first-order valence-corrected chi connectivity index (χ1v) is 9.11. The third kappa shape index (κ3) is 2.37. The Morgan fingerprint density at radius 2 is 1.92 bits per heavy atom. The monoisotopic (exact) mass is 353 g/mol. The normalized spacial score (nSPS) is 22.5. The summed E-state index contributed by atoms with van der Waals surface area (Å²) < 4.78 is 25.1. The van der Waals surface area contributed by atoms with Crippen LogP contribution >= 0.6 is 0 Å². The van der Waals surface area contributed by atoms with Crippen LogP contribution in [0.3, 0.4) is 0 Å². The molecule has 2 heterocycles. The molecule has 1 amide bonds. The van der Waals surface area contributed by atoms with Crippen LogP contribution in [0.25, 0.3) is 0 Å². The molecule has 2 aliphatic heterocycles. The number of fused-ring (bicyclic) bond motifs is 1. The molecule has 0 spiro atoms. The first-order valence-electron chi connectivity index (χ1n) is 9.11. The molecule has 1 atom stereocenters. The zero-order chi connectivity index (χ0) is 17.7. The predicted molar refractivity (Wildman–Crippen MR) is 93.8 cm³/mol. The van der Waals surface area contributed by atoms with Crippen LogP contribution in [0.5, 0.6) is 11.5 Å². The maximum Gasteiger partial charge on any atom is 0.233 e. The van der Waals surface area contributed by atoms with Crippen LogP contribution in [0.1, 0.15) is 36.3 Å². The predicted octanol–water partition coefficient (Wildman–Crippen LogP) is 3.60. The molecule has 1 unspecified atom stereocenters. The zero-order valence-corrected chi connectivity index (χ0v) is 14.4. The minimum Gasteiger partial charge on any atom is -0.454 e. The minimum atomic E-state index is -0.644. The van der Waals surface area contributed by atoms with E-state index in [0.717, 1.165) is 30.8 Å². The van der Waals surface area contributed by atoms with Crippen molar-refractivity contribution < 1.29 is 18.7 Å². The van der Waals surface area contributed by atoms with E-state index in [1.807, 2.05) is 23.1 Å². The topological polar surface area (TPSA) is 38.8 Å². The molecule has 1 aliphatic carbocycles. The molecule has 26 heavy (non-hydrogen) atoms. The maximum absolute atomic E-state index is 14.2. The number of carbonyl (C=O) groups is 1. The highest BCUT2D eigenvalue weighted by Crippen LogP contribution is 2.51. The summed E-state index contributed by atoms with van der Waals surface area (Å²) in [4.78, 5) is 15.1. The van der Waals surface area contributed by atoms with Crippen LogP contribution in [0, 0.1) is 5.82 Å². The summed E-state index contributed by atoms with van der Waals surface area (Å²) in [6.07, 6.45) is 2.38. The molecule has 0 N–H and O–H groups in total. The van der Waals surface area contributed by atoms with Gasteiger partial charge >= 0.3 is 0 Å². The van der Waals surface area contributed by atoms with Crippen molar-refractivity contribution in [2.45, 2.75) is 30.6 Å². The third-order valence-corrected chi connectivity index (χ3v) is 5.89. The molecular formula is C21H20FNO3. The first kappa shape index (κ1) is 15.7. The maximum atomic E-state index is 14.2. The second-order valence-corrected chi connectivity index (χ2v) is 7.41. The number of amides is 1. The van der Waals surface area contributed by atoms with Gasteiger partial charge in [-0.15, -0.1) is 0 Å². The van der Waals surface area contributed by atoms with Crippen molar-refractivity contribution in [2.75, 3.05) is 19.9 Å². The van der Waals surface area contributed by atoms with Crippen LogP contribution < -0.4 is 9.47 Å². The highest BCUT2D eigenvalue weighted by molar-refractivity contribution is 5.91. The van der Waals surface area contributed by atoms with E-state index in [0.29, 0.717) is 18.7 Å². The number of ether oxygens (including phenoxy) is 2. The Morgan fingerprint density at radius 1 is 1.12 bits per heavy atom. The van der Waals surface area contributed by atoms with E-state index in [1.54, 1.807) is 12.1 Å². The number of likely N-dealkylation sites (tertiary alicyclic amines) is 1. The van der Waals surface area contributed by atoms with Crippen molar-refractivity contribution in [1.29, 1.82) is 0 Å². The van der Waals surface area contributed by atoms with Crippen molar-refractivity contribution in [3.05, 3.63) is 59.4 Å². The SMILES string of the molecule is O=C(N1CCC(c2ccc3c(c2)OCO3)C1)C1(c2ccccc2F)CC1. The van der Waals surface area contributed by atoms with Gasteiger partial charge in [-0.05, 0) is 43.0 Å². The van der Waals surface area contributed by atoms with Gasteiger partial charge in [-0.1, -0.05) is 24.3 Å².